The molecule has 4 rings (SSSR count). The molecule has 0 bridgehead atoms. The minimum Gasteiger partial charge on any atom is -0.386 e. The minimum atomic E-state index is -0.451. The minimum absolute atomic E-state index is 0.111. The fraction of sp³-hybridized carbons (Fsp3) is 0.588. The van der Waals surface area contributed by atoms with Crippen molar-refractivity contribution < 1.29 is 9.90 Å². The van der Waals surface area contributed by atoms with Gasteiger partial charge < -0.3 is 10.0 Å². The summed E-state index contributed by atoms with van der Waals surface area (Å²) in [6.45, 7) is 5.90. The van der Waals surface area contributed by atoms with E-state index in [1.54, 1.807) is 11.3 Å². The van der Waals surface area contributed by atoms with Gasteiger partial charge in [-0.3, -0.25) is 9.48 Å². The largest absolute Gasteiger partial charge is 0.386 e. The van der Waals surface area contributed by atoms with Gasteiger partial charge >= 0.3 is 0 Å². The maximum absolute atomic E-state index is 12.6. The van der Waals surface area contributed by atoms with Crippen molar-refractivity contribution in [2.24, 2.45) is 5.92 Å². The topological polar surface area (TPSA) is 71.2 Å². The van der Waals surface area contributed by atoms with Crippen LogP contribution in [0.25, 0.3) is 0 Å². The molecular formula is C17H22N4O2S. The molecule has 1 aliphatic carbocycles. The van der Waals surface area contributed by atoms with Gasteiger partial charge in [0.25, 0.3) is 0 Å². The van der Waals surface area contributed by atoms with Gasteiger partial charge in [-0.15, -0.1) is 11.3 Å². The van der Waals surface area contributed by atoms with Crippen LogP contribution in [0.15, 0.2) is 6.07 Å². The Morgan fingerprint density at radius 3 is 2.88 bits per heavy atom. The van der Waals surface area contributed by atoms with Crippen LogP contribution in [-0.4, -0.2) is 37.2 Å². The van der Waals surface area contributed by atoms with E-state index in [1.165, 1.54) is 0 Å². The summed E-state index contributed by atoms with van der Waals surface area (Å²) >= 11 is 1.64. The number of hydrogen-bond donors (Lipinski definition) is 1. The first-order chi connectivity index (χ1) is 11.5. The summed E-state index contributed by atoms with van der Waals surface area (Å²) in [5, 5.41) is 15.8. The molecule has 0 aromatic carbocycles. The highest BCUT2D eigenvalue weighted by Gasteiger charge is 2.33. The Balaban J connectivity index is 1.45. The monoisotopic (exact) mass is 346 g/mol. The number of fused-ring (bicyclic) bond motifs is 1. The van der Waals surface area contributed by atoms with Crippen LogP contribution >= 0.6 is 11.3 Å². The molecule has 1 aliphatic heterocycles. The highest BCUT2D eigenvalue weighted by Crippen LogP contribution is 2.40. The van der Waals surface area contributed by atoms with Crippen LogP contribution in [0.3, 0.4) is 0 Å². The maximum atomic E-state index is 12.6. The lowest BCUT2D eigenvalue weighted by Gasteiger charge is -2.27. The zero-order chi connectivity index (χ0) is 16.8. The van der Waals surface area contributed by atoms with Gasteiger partial charge in [0.15, 0.2) is 0 Å². The van der Waals surface area contributed by atoms with Crippen molar-refractivity contribution in [3.63, 3.8) is 0 Å². The van der Waals surface area contributed by atoms with Crippen LogP contribution in [0.4, 0.5) is 0 Å². The van der Waals surface area contributed by atoms with E-state index < -0.39 is 6.10 Å². The van der Waals surface area contributed by atoms with Gasteiger partial charge in [-0.2, -0.15) is 5.10 Å². The molecule has 7 heteroatoms. The number of carbonyl (C=O) groups excluding carboxylic acids is 1. The first-order valence-corrected chi connectivity index (χ1v) is 9.28. The standard InChI is InChI=1S/C17H22N4O2S/c1-10-14(18-11(2)24-10)8-16(22)20-5-6-21-13(9-20)7-15(19-21)17(23)12-3-4-12/h7,12,17,23H,3-6,8-9H2,1-2H3. The lowest BCUT2D eigenvalue weighted by molar-refractivity contribution is -0.132. The number of amides is 1. The third-order valence-corrected chi connectivity index (χ3v) is 5.79. The molecule has 128 valence electrons. The van der Waals surface area contributed by atoms with Crippen molar-refractivity contribution in [1.82, 2.24) is 19.7 Å². The van der Waals surface area contributed by atoms with Crippen molar-refractivity contribution in [3.05, 3.63) is 33.0 Å². The van der Waals surface area contributed by atoms with E-state index >= 15 is 0 Å². The van der Waals surface area contributed by atoms with E-state index in [0.717, 1.165) is 39.8 Å². The van der Waals surface area contributed by atoms with Crippen molar-refractivity contribution >= 4 is 17.2 Å². The lowest BCUT2D eigenvalue weighted by atomic mass is 10.1. The Hall–Kier alpha value is -1.73. The smallest absolute Gasteiger partial charge is 0.229 e. The summed E-state index contributed by atoms with van der Waals surface area (Å²) in [7, 11) is 0. The molecule has 1 fully saturated rings. The highest BCUT2D eigenvalue weighted by atomic mass is 32.1. The summed E-state index contributed by atoms with van der Waals surface area (Å²) < 4.78 is 1.93. The lowest BCUT2D eigenvalue weighted by Crippen LogP contribution is -2.39. The van der Waals surface area contributed by atoms with E-state index in [0.29, 0.717) is 32.0 Å². The Labute approximate surface area is 145 Å². The average Bonchev–Trinajstić information content (AvgIpc) is 3.23. The molecule has 2 aromatic heterocycles. The van der Waals surface area contributed by atoms with E-state index in [-0.39, 0.29) is 5.91 Å². The molecule has 2 aliphatic rings. The summed E-state index contributed by atoms with van der Waals surface area (Å²) in [4.78, 5) is 20.1. The molecule has 1 saturated carbocycles. The van der Waals surface area contributed by atoms with Gasteiger partial charge in [-0.25, -0.2) is 4.98 Å². The summed E-state index contributed by atoms with van der Waals surface area (Å²) in [6, 6.07) is 1.96. The van der Waals surface area contributed by atoms with Gasteiger partial charge in [-0.05, 0) is 38.7 Å². The van der Waals surface area contributed by atoms with Gasteiger partial charge in [-0.1, -0.05) is 0 Å². The Morgan fingerprint density at radius 2 is 2.21 bits per heavy atom. The number of thiazole rings is 1. The number of aryl methyl sites for hydroxylation is 2. The first kappa shape index (κ1) is 15.8. The molecule has 3 heterocycles. The third kappa shape index (κ3) is 2.98. The van der Waals surface area contributed by atoms with E-state index in [1.807, 2.05) is 29.5 Å². The molecule has 1 amide bonds. The summed E-state index contributed by atoms with van der Waals surface area (Å²) in [6.07, 6.45) is 2.08. The second-order valence-corrected chi connectivity index (χ2v) is 8.20. The number of aromatic nitrogens is 3. The zero-order valence-corrected chi connectivity index (χ0v) is 14.8. The molecule has 0 radical (unpaired) electrons. The van der Waals surface area contributed by atoms with E-state index in [2.05, 4.69) is 10.1 Å². The predicted molar refractivity (Wildman–Crippen MR) is 90.6 cm³/mol. The van der Waals surface area contributed by atoms with Crippen LogP contribution in [0.2, 0.25) is 0 Å². The van der Waals surface area contributed by atoms with Crippen molar-refractivity contribution in [1.29, 1.82) is 0 Å². The molecule has 24 heavy (non-hydrogen) atoms. The quantitative estimate of drug-likeness (QED) is 0.919. The van der Waals surface area contributed by atoms with Crippen LogP contribution in [0.1, 0.15) is 45.9 Å². The van der Waals surface area contributed by atoms with Crippen molar-refractivity contribution in [3.8, 4) is 0 Å². The molecule has 6 nitrogen and oxygen atoms in total. The second kappa shape index (κ2) is 5.97. The van der Waals surface area contributed by atoms with Crippen LogP contribution < -0.4 is 0 Å². The van der Waals surface area contributed by atoms with Crippen LogP contribution in [-0.2, 0) is 24.3 Å². The Kier molecular flexibility index (Phi) is 3.92. The number of nitrogens with zero attached hydrogens (tertiary/aromatic N) is 4. The fourth-order valence-electron chi connectivity index (χ4n) is 3.29. The van der Waals surface area contributed by atoms with Crippen molar-refractivity contribution in [2.45, 2.75) is 52.3 Å². The highest BCUT2D eigenvalue weighted by molar-refractivity contribution is 7.11. The zero-order valence-electron chi connectivity index (χ0n) is 14.0. The predicted octanol–water partition coefficient (Wildman–Crippen LogP) is 1.98. The van der Waals surface area contributed by atoms with Crippen LogP contribution in [0.5, 0.6) is 0 Å². The first-order valence-electron chi connectivity index (χ1n) is 8.46. The summed E-state index contributed by atoms with van der Waals surface area (Å²) in [5.41, 5.74) is 2.66. The van der Waals surface area contributed by atoms with E-state index in [4.69, 9.17) is 0 Å². The number of carbonyl (C=O) groups is 1. The summed E-state index contributed by atoms with van der Waals surface area (Å²) in [5.74, 6) is 0.482. The Morgan fingerprint density at radius 1 is 1.42 bits per heavy atom. The molecule has 0 spiro atoms. The number of hydrogen-bond acceptors (Lipinski definition) is 5. The Bertz CT molecular complexity index is 778. The van der Waals surface area contributed by atoms with E-state index in [9.17, 15) is 9.90 Å². The maximum Gasteiger partial charge on any atom is 0.229 e. The fourth-order valence-corrected chi connectivity index (χ4v) is 4.13. The average molecular weight is 346 g/mol. The molecule has 1 unspecified atom stereocenters. The normalized spacial score (nSPS) is 18.5. The molecule has 1 N–H and O–H groups in total. The molecule has 2 aromatic rings. The third-order valence-electron chi connectivity index (χ3n) is 4.86. The molecular weight excluding hydrogens is 324 g/mol. The van der Waals surface area contributed by atoms with Crippen molar-refractivity contribution in [2.75, 3.05) is 6.54 Å². The van der Waals surface area contributed by atoms with Gasteiger partial charge in [0, 0.05) is 11.4 Å². The van der Waals surface area contributed by atoms with Crippen LogP contribution in [0, 0.1) is 19.8 Å². The molecule has 1 atom stereocenters. The van der Waals surface area contributed by atoms with Gasteiger partial charge in [0.2, 0.25) is 5.91 Å². The van der Waals surface area contributed by atoms with Gasteiger partial charge in [0.1, 0.15) is 6.10 Å². The SMILES string of the molecule is Cc1nc(CC(=O)N2CCn3nc(C(O)C4CC4)cc3C2)c(C)s1. The van der Waals surface area contributed by atoms with Gasteiger partial charge in [0.05, 0.1) is 41.6 Å². The second-order valence-electron chi connectivity index (χ2n) is 6.79. The molecule has 0 saturated heterocycles. The number of rotatable bonds is 4. The number of aliphatic hydroxyl groups is 1. The number of aliphatic hydroxyl groups excluding tert-OH is 1.